The molecule has 1 nitrogen and oxygen atoms in total. The second-order valence-corrected chi connectivity index (χ2v) is 5.03. The molecule has 0 fully saturated rings. The summed E-state index contributed by atoms with van der Waals surface area (Å²) in [5, 5.41) is 0.149. The lowest BCUT2D eigenvalue weighted by Crippen LogP contribution is -2.03. The van der Waals surface area contributed by atoms with Gasteiger partial charge in [-0.05, 0) is 31.2 Å². The van der Waals surface area contributed by atoms with E-state index in [1.807, 2.05) is 13.0 Å². The standard InChI is InChI=1S/C12H8ClFOS/c1-7-5-6-10(16-7)12(15)11-8(13)3-2-4-9(11)14/h2-6H,1H3. The van der Waals surface area contributed by atoms with Crippen LogP contribution in [0.5, 0.6) is 0 Å². The van der Waals surface area contributed by atoms with Crippen molar-refractivity contribution in [1.82, 2.24) is 0 Å². The van der Waals surface area contributed by atoms with Crippen molar-refractivity contribution >= 4 is 28.7 Å². The van der Waals surface area contributed by atoms with Crippen molar-refractivity contribution in [3.05, 3.63) is 56.5 Å². The van der Waals surface area contributed by atoms with E-state index < -0.39 is 5.82 Å². The molecule has 0 unspecified atom stereocenters. The number of thiophene rings is 1. The lowest BCUT2D eigenvalue weighted by molar-refractivity contribution is 0.103. The number of benzene rings is 1. The van der Waals surface area contributed by atoms with Crippen molar-refractivity contribution < 1.29 is 9.18 Å². The molecule has 0 amide bonds. The monoisotopic (exact) mass is 254 g/mol. The topological polar surface area (TPSA) is 17.1 Å². The number of ketones is 1. The molecule has 0 saturated carbocycles. The SMILES string of the molecule is Cc1ccc(C(=O)c2c(F)cccc2Cl)s1. The molecule has 0 aliphatic heterocycles. The van der Waals surface area contributed by atoms with Gasteiger partial charge in [-0.2, -0.15) is 0 Å². The van der Waals surface area contributed by atoms with Gasteiger partial charge in [0.15, 0.2) is 0 Å². The highest BCUT2D eigenvalue weighted by Crippen LogP contribution is 2.25. The van der Waals surface area contributed by atoms with Crippen molar-refractivity contribution in [3.63, 3.8) is 0 Å². The van der Waals surface area contributed by atoms with E-state index in [0.29, 0.717) is 4.88 Å². The maximum absolute atomic E-state index is 13.5. The first-order valence-corrected chi connectivity index (χ1v) is 5.84. The van der Waals surface area contributed by atoms with Crippen LogP contribution in [0.1, 0.15) is 20.1 Å². The van der Waals surface area contributed by atoms with Crippen LogP contribution in [0.4, 0.5) is 4.39 Å². The van der Waals surface area contributed by atoms with Gasteiger partial charge in [0.2, 0.25) is 5.78 Å². The van der Waals surface area contributed by atoms with Gasteiger partial charge in [-0.1, -0.05) is 17.7 Å². The van der Waals surface area contributed by atoms with Crippen LogP contribution in [0.25, 0.3) is 0 Å². The molecule has 82 valence electrons. The Morgan fingerprint density at radius 3 is 2.62 bits per heavy atom. The van der Waals surface area contributed by atoms with E-state index in [1.54, 1.807) is 6.07 Å². The maximum Gasteiger partial charge on any atom is 0.207 e. The predicted molar refractivity (Wildman–Crippen MR) is 63.9 cm³/mol. The van der Waals surface area contributed by atoms with Gasteiger partial charge in [0.05, 0.1) is 15.5 Å². The second-order valence-electron chi connectivity index (χ2n) is 3.34. The molecule has 1 aromatic heterocycles. The van der Waals surface area contributed by atoms with E-state index in [9.17, 15) is 9.18 Å². The lowest BCUT2D eigenvalue weighted by Gasteiger charge is -2.02. The van der Waals surface area contributed by atoms with Crippen LogP contribution in [0.3, 0.4) is 0 Å². The molecule has 2 rings (SSSR count). The van der Waals surface area contributed by atoms with E-state index in [-0.39, 0.29) is 16.4 Å². The van der Waals surface area contributed by atoms with Crippen LogP contribution in [-0.4, -0.2) is 5.78 Å². The van der Waals surface area contributed by atoms with Gasteiger partial charge in [0.1, 0.15) is 5.82 Å². The first-order valence-electron chi connectivity index (χ1n) is 4.65. The van der Waals surface area contributed by atoms with E-state index in [1.165, 1.54) is 29.5 Å². The summed E-state index contributed by atoms with van der Waals surface area (Å²) in [6.07, 6.45) is 0. The Bertz CT molecular complexity index is 527. The summed E-state index contributed by atoms with van der Waals surface area (Å²) in [6.45, 7) is 1.89. The third-order valence-electron chi connectivity index (χ3n) is 2.15. The molecule has 0 radical (unpaired) electrons. The third kappa shape index (κ3) is 2.01. The van der Waals surface area contributed by atoms with E-state index in [2.05, 4.69) is 0 Å². The summed E-state index contributed by atoms with van der Waals surface area (Å²) in [5.41, 5.74) is -0.0500. The zero-order valence-electron chi connectivity index (χ0n) is 8.46. The molecule has 0 bridgehead atoms. The number of hydrogen-bond donors (Lipinski definition) is 0. The van der Waals surface area contributed by atoms with Crippen LogP contribution in [0.15, 0.2) is 30.3 Å². The summed E-state index contributed by atoms with van der Waals surface area (Å²) in [6, 6.07) is 7.74. The molecule has 0 saturated heterocycles. The van der Waals surface area contributed by atoms with E-state index >= 15 is 0 Å². The molecular weight excluding hydrogens is 247 g/mol. The number of halogens is 2. The molecule has 2 aromatic rings. The fraction of sp³-hybridized carbons (Fsp3) is 0.0833. The molecule has 0 spiro atoms. The van der Waals surface area contributed by atoms with Crippen LogP contribution >= 0.6 is 22.9 Å². The zero-order chi connectivity index (χ0) is 11.7. The Kier molecular flexibility index (Phi) is 3.08. The highest BCUT2D eigenvalue weighted by molar-refractivity contribution is 7.14. The molecular formula is C12H8ClFOS. The fourth-order valence-electron chi connectivity index (χ4n) is 1.39. The summed E-state index contributed by atoms with van der Waals surface area (Å²) < 4.78 is 13.5. The quantitative estimate of drug-likeness (QED) is 0.738. The highest BCUT2D eigenvalue weighted by Gasteiger charge is 2.18. The second kappa shape index (κ2) is 4.36. The van der Waals surface area contributed by atoms with Crippen LogP contribution in [0.2, 0.25) is 5.02 Å². The number of carbonyl (C=O) groups excluding carboxylic acids is 1. The Balaban J connectivity index is 2.49. The summed E-state index contributed by atoms with van der Waals surface area (Å²) >= 11 is 7.16. The summed E-state index contributed by atoms with van der Waals surface area (Å²) in [4.78, 5) is 13.5. The van der Waals surface area contributed by atoms with E-state index in [4.69, 9.17) is 11.6 Å². The zero-order valence-corrected chi connectivity index (χ0v) is 10.0. The van der Waals surface area contributed by atoms with E-state index in [0.717, 1.165) is 4.88 Å². The smallest absolute Gasteiger partial charge is 0.207 e. The minimum atomic E-state index is -0.580. The molecule has 0 aliphatic rings. The van der Waals surface area contributed by atoms with Crippen molar-refractivity contribution in [2.75, 3.05) is 0 Å². The maximum atomic E-state index is 13.5. The fourth-order valence-corrected chi connectivity index (χ4v) is 2.46. The molecule has 1 heterocycles. The lowest BCUT2D eigenvalue weighted by atomic mass is 10.1. The van der Waals surface area contributed by atoms with Crippen molar-refractivity contribution in [2.24, 2.45) is 0 Å². The largest absolute Gasteiger partial charge is 0.288 e. The van der Waals surface area contributed by atoms with Crippen LogP contribution in [0, 0.1) is 12.7 Å². The predicted octanol–water partition coefficient (Wildman–Crippen LogP) is 4.08. The first-order chi connectivity index (χ1) is 7.59. The van der Waals surface area contributed by atoms with Crippen LogP contribution in [-0.2, 0) is 0 Å². The molecule has 16 heavy (non-hydrogen) atoms. The molecule has 0 N–H and O–H groups in total. The van der Waals surface area contributed by atoms with Gasteiger partial charge in [0.25, 0.3) is 0 Å². The number of carbonyl (C=O) groups is 1. The Labute approximate surface area is 101 Å². The van der Waals surface area contributed by atoms with Crippen molar-refractivity contribution in [2.45, 2.75) is 6.92 Å². The Morgan fingerprint density at radius 2 is 2.06 bits per heavy atom. The Morgan fingerprint density at radius 1 is 1.31 bits per heavy atom. The number of aryl methyl sites for hydroxylation is 1. The Hall–Kier alpha value is -1.19. The average Bonchev–Trinajstić information content (AvgIpc) is 2.64. The number of hydrogen-bond acceptors (Lipinski definition) is 2. The van der Waals surface area contributed by atoms with Gasteiger partial charge in [-0.3, -0.25) is 4.79 Å². The third-order valence-corrected chi connectivity index (χ3v) is 3.47. The molecule has 1 aromatic carbocycles. The van der Waals surface area contributed by atoms with Gasteiger partial charge in [0, 0.05) is 4.88 Å². The molecule has 0 atom stereocenters. The summed E-state index contributed by atoms with van der Waals surface area (Å²) in [5.74, 6) is -0.940. The van der Waals surface area contributed by atoms with Gasteiger partial charge in [-0.15, -0.1) is 11.3 Å². The highest BCUT2D eigenvalue weighted by atomic mass is 35.5. The molecule has 4 heteroatoms. The van der Waals surface area contributed by atoms with Crippen molar-refractivity contribution in [3.8, 4) is 0 Å². The number of rotatable bonds is 2. The van der Waals surface area contributed by atoms with Crippen LogP contribution < -0.4 is 0 Å². The average molecular weight is 255 g/mol. The summed E-state index contributed by atoms with van der Waals surface area (Å²) in [7, 11) is 0. The minimum Gasteiger partial charge on any atom is -0.288 e. The first kappa shape index (κ1) is 11.3. The van der Waals surface area contributed by atoms with Gasteiger partial charge >= 0.3 is 0 Å². The van der Waals surface area contributed by atoms with Gasteiger partial charge in [-0.25, -0.2) is 4.39 Å². The minimum absolute atomic E-state index is 0.0500. The van der Waals surface area contributed by atoms with Crippen molar-refractivity contribution in [1.29, 1.82) is 0 Å². The normalized spacial score (nSPS) is 10.4. The van der Waals surface area contributed by atoms with Gasteiger partial charge < -0.3 is 0 Å². The molecule has 0 aliphatic carbocycles.